The Morgan fingerprint density at radius 2 is 1.00 bits per heavy atom. The molecular formula is C16H20O2Si. The Hall–Kier alpha value is -1.42. The summed E-state index contributed by atoms with van der Waals surface area (Å²) in [7, 11) is -3.56. The lowest BCUT2D eigenvalue weighted by Crippen LogP contribution is -2.59. The van der Waals surface area contributed by atoms with Crippen molar-refractivity contribution >= 4 is 18.9 Å². The predicted octanol–water partition coefficient (Wildman–Crippen LogP) is 1.46. The van der Waals surface area contributed by atoms with Crippen LogP contribution in [0.3, 0.4) is 0 Å². The van der Waals surface area contributed by atoms with Gasteiger partial charge < -0.3 is 9.59 Å². The summed E-state index contributed by atoms with van der Waals surface area (Å²) in [5.41, 5.74) is 4.49. The maximum atomic E-state index is 10.6. The summed E-state index contributed by atoms with van der Waals surface area (Å²) in [6, 6.07) is 11.3. The molecule has 19 heavy (non-hydrogen) atoms. The van der Waals surface area contributed by atoms with Crippen molar-refractivity contribution in [2.45, 2.75) is 27.7 Å². The number of benzene rings is 2. The fourth-order valence-corrected chi connectivity index (χ4v) is 3.88. The van der Waals surface area contributed by atoms with E-state index in [0.717, 1.165) is 22.3 Å². The monoisotopic (exact) mass is 272 g/mol. The van der Waals surface area contributed by atoms with Gasteiger partial charge in [0.2, 0.25) is 0 Å². The third-order valence-corrected chi connectivity index (χ3v) is 6.05. The Bertz CT molecular complexity index is 565. The first-order valence-electron chi connectivity index (χ1n) is 6.42. The van der Waals surface area contributed by atoms with E-state index in [2.05, 4.69) is 0 Å². The minimum Gasteiger partial charge on any atom is -0.404 e. The average molecular weight is 272 g/mol. The molecule has 0 aliphatic rings. The minimum atomic E-state index is -3.56. The first-order chi connectivity index (χ1) is 8.82. The molecule has 100 valence electrons. The zero-order valence-electron chi connectivity index (χ0n) is 11.9. The molecule has 2 rings (SSSR count). The van der Waals surface area contributed by atoms with Gasteiger partial charge in [-0.2, -0.15) is 0 Å². The van der Waals surface area contributed by atoms with Gasteiger partial charge in [0.15, 0.2) is 0 Å². The molecule has 0 aliphatic carbocycles. The van der Waals surface area contributed by atoms with Gasteiger partial charge in [0.1, 0.15) is 0 Å². The van der Waals surface area contributed by atoms with E-state index in [0.29, 0.717) is 10.4 Å². The maximum Gasteiger partial charge on any atom is 0.401 e. The third-order valence-electron chi connectivity index (χ3n) is 3.82. The van der Waals surface area contributed by atoms with Crippen LogP contribution < -0.4 is 10.4 Å². The lowest BCUT2D eigenvalue weighted by molar-refractivity contribution is 0.401. The summed E-state index contributed by atoms with van der Waals surface area (Å²) in [5.74, 6) is 0. The summed E-state index contributed by atoms with van der Waals surface area (Å²) < 4.78 is 0. The van der Waals surface area contributed by atoms with Crippen molar-refractivity contribution < 1.29 is 9.59 Å². The van der Waals surface area contributed by atoms with E-state index >= 15 is 0 Å². The van der Waals surface area contributed by atoms with Gasteiger partial charge in [-0.05, 0) is 60.3 Å². The lowest BCUT2D eigenvalue weighted by Gasteiger charge is -2.20. The molecule has 0 saturated carbocycles. The van der Waals surface area contributed by atoms with Gasteiger partial charge in [0.25, 0.3) is 0 Å². The van der Waals surface area contributed by atoms with Gasteiger partial charge in [-0.25, -0.2) is 0 Å². The van der Waals surface area contributed by atoms with E-state index in [1.54, 1.807) is 0 Å². The van der Waals surface area contributed by atoms with Crippen molar-refractivity contribution in [1.82, 2.24) is 0 Å². The molecule has 0 radical (unpaired) electrons. The lowest BCUT2D eigenvalue weighted by atomic mass is 10.1. The summed E-state index contributed by atoms with van der Waals surface area (Å²) in [6.45, 7) is 8.02. The highest BCUT2D eigenvalue weighted by molar-refractivity contribution is 6.90. The van der Waals surface area contributed by atoms with Crippen LogP contribution in [0.4, 0.5) is 0 Å². The highest BCUT2D eigenvalue weighted by atomic mass is 28.4. The first-order valence-corrected chi connectivity index (χ1v) is 8.32. The number of aryl methyl sites for hydroxylation is 4. The zero-order chi connectivity index (χ0) is 14.2. The molecule has 0 heterocycles. The maximum absolute atomic E-state index is 10.6. The van der Waals surface area contributed by atoms with Gasteiger partial charge in [-0.1, -0.05) is 36.4 Å². The summed E-state index contributed by atoms with van der Waals surface area (Å²) in [5, 5.41) is 1.28. The third kappa shape index (κ3) is 2.63. The molecule has 2 aromatic rings. The fourth-order valence-electron chi connectivity index (χ4n) is 2.08. The Morgan fingerprint density at radius 3 is 1.32 bits per heavy atom. The molecule has 2 aromatic carbocycles. The first kappa shape index (κ1) is 14.0. The van der Waals surface area contributed by atoms with Crippen LogP contribution in [0, 0.1) is 27.7 Å². The van der Waals surface area contributed by atoms with Gasteiger partial charge >= 0.3 is 8.56 Å². The SMILES string of the molecule is Cc1ccc([Si](O)(O)c2ccc(C)c(C)c2)cc1C. The number of hydrogen-bond acceptors (Lipinski definition) is 2. The van der Waals surface area contributed by atoms with Crippen LogP contribution in [0.1, 0.15) is 22.3 Å². The van der Waals surface area contributed by atoms with E-state index in [1.807, 2.05) is 64.1 Å². The van der Waals surface area contributed by atoms with Crippen molar-refractivity contribution in [3.8, 4) is 0 Å². The van der Waals surface area contributed by atoms with Crippen molar-refractivity contribution in [1.29, 1.82) is 0 Å². The van der Waals surface area contributed by atoms with Gasteiger partial charge in [-0.15, -0.1) is 0 Å². The van der Waals surface area contributed by atoms with Crippen LogP contribution in [0.15, 0.2) is 36.4 Å². The van der Waals surface area contributed by atoms with Crippen molar-refractivity contribution in [2.75, 3.05) is 0 Å². The van der Waals surface area contributed by atoms with Crippen molar-refractivity contribution in [2.24, 2.45) is 0 Å². The molecule has 3 heteroatoms. The molecule has 2 nitrogen and oxygen atoms in total. The molecule has 0 saturated heterocycles. The average Bonchev–Trinajstić information content (AvgIpc) is 2.35. The molecular weight excluding hydrogens is 252 g/mol. The summed E-state index contributed by atoms with van der Waals surface area (Å²) >= 11 is 0. The van der Waals surface area contributed by atoms with E-state index in [1.165, 1.54) is 0 Å². The fraction of sp³-hybridized carbons (Fsp3) is 0.250. The molecule has 0 spiro atoms. The number of hydrogen-bond donors (Lipinski definition) is 2. The zero-order valence-corrected chi connectivity index (χ0v) is 12.9. The van der Waals surface area contributed by atoms with Crippen molar-refractivity contribution in [3.05, 3.63) is 58.7 Å². The van der Waals surface area contributed by atoms with Gasteiger partial charge in [0, 0.05) is 0 Å². The molecule has 2 N–H and O–H groups in total. The molecule has 0 amide bonds. The highest BCUT2D eigenvalue weighted by Gasteiger charge is 2.35. The van der Waals surface area contributed by atoms with Crippen LogP contribution in [0.25, 0.3) is 0 Å². The number of rotatable bonds is 2. The second kappa shape index (κ2) is 4.93. The van der Waals surface area contributed by atoms with E-state index < -0.39 is 8.56 Å². The normalized spacial score (nSPS) is 11.7. The largest absolute Gasteiger partial charge is 0.404 e. The van der Waals surface area contributed by atoms with Crippen LogP contribution in [0.2, 0.25) is 0 Å². The smallest absolute Gasteiger partial charge is 0.401 e. The van der Waals surface area contributed by atoms with Gasteiger partial charge in [-0.3, -0.25) is 0 Å². The Balaban J connectivity index is 2.51. The molecule has 0 aliphatic heterocycles. The second-order valence-corrected chi connectivity index (χ2v) is 7.77. The Labute approximate surface area is 115 Å². The van der Waals surface area contributed by atoms with E-state index in [9.17, 15) is 9.59 Å². The minimum absolute atomic E-state index is 0.638. The molecule has 0 bridgehead atoms. The highest BCUT2D eigenvalue weighted by Crippen LogP contribution is 2.09. The standard InChI is InChI=1S/C16H20O2Si/c1-11-5-7-15(9-13(11)3)19(17,18)16-8-6-12(2)14(4)10-16/h5-10,17-18H,1-4H3. The molecule has 0 aromatic heterocycles. The van der Waals surface area contributed by atoms with E-state index in [4.69, 9.17) is 0 Å². The van der Waals surface area contributed by atoms with Crippen LogP contribution in [-0.4, -0.2) is 18.2 Å². The van der Waals surface area contributed by atoms with E-state index in [-0.39, 0.29) is 0 Å². The molecule has 0 unspecified atom stereocenters. The van der Waals surface area contributed by atoms with Gasteiger partial charge in [0.05, 0.1) is 0 Å². The molecule has 0 atom stereocenters. The summed E-state index contributed by atoms with van der Waals surface area (Å²) in [4.78, 5) is 21.2. The second-order valence-electron chi connectivity index (χ2n) is 5.27. The van der Waals surface area contributed by atoms with Crippen LogP contribution >= 0.6 is 0 Å². The van der Waals surface area contributed by atoms with Crippen molar-refractivity contribution in [3.63, 3.8) is 0 Å². The Kier molecular flexibility index (Phi) is 3.63. The van der Waals surface area contributed by atoms with Crippen LogP contribution in [-0.2, 0) is 0 Å². The quantitative estimate of drug-likeness (QED) is 0.813. The Morgan fingerprint density at radius 1 is 0.632 bits per heavy atom. The molecule has 0 fully saturated rings. The predicted molar refractivity (Wildman–Crippen MR) is 81.3 cm³/mol. The van der Waals surface area contributed by atoms with Crippen LogP contribution in [0.5, 0.6) is 0 Å². The summed E-state index contributed by atoms with van der Waals surface area (Å²) in [6.07, 6.45) is 0. The topological polar surface area (TPSA) is 40.5 Å².